The van der Waals surface area contributed by atoms with E-state index in [0.29, 0.717) is 22.4 Å². The van der Waals surface area contributed by atoms with Crippen LogP contribution in [0.5, 0.6) is 5.75 Å². The molecule has 17 heavy (non-hydrogen) atoms. The molecule has 88 valence electrons. The number of nitrogens with zero attached hydrogens (tertiary/aromatic N) is 2. The molecule has 1 aromatic carbocycles. The lowest BCUT2D eigenvalue weighted by atomic mass is 10.3. The second-order valence-corrected chi connectivity index (χ2v) is 3.72. The van der Waals surface area contributed by atoms with E-state index in [2.05, 4.69) is 15.3 Å². The summed E-state index contributed by atoms with van der Waals surface area (Å²) in [5.41, 5.74) is 6.80. The quantitative estimate of drug-likeness (QED) is 0.875. The van der Waals surface area contributed by atoms with Crippen molar-refractivity contribution < 1.29 is 4.74 Å². The number of rotatable bonds is 3. The van der Waals surface area contributed by atoms with Crippen molar-refractivity contribution in [2.75, 3.05) is 18.2 Å². The minimum absolute atomic E-state index is 0.462. The fourth-order valence-corrected chi connectivity index (χ4v) is 1.46. The van der Waals surface area contributed by atoms with Crippen LogP contribution in [0.1, 0.15) is 0 Å². The largest absolute Gasteiger partial charge is 0.495 e. The molecule has 1 heterocycles. The molecule has 0 aliphatic carbocycles. The fraction of sp³-hybridized carbons (Fsp3) is 0.0909. The average Bonchev–Trinajstić information content (AvgIpc) is 2.34. The third-order valence-electron chi connectivity index (χ3n) is 2.08. The Bertz CT molecular complexity index is 515. The van der Waals surface area contributed by atoms with Crippen LogP contribution in [0, 0.1) is 0 Å². The number of aromatic nitrogens is 2. The summed E-state index contributed by atoms with van der Waals surface area (Å²) in [7, 11) is 1.56. The van der Waals surface area contributed by atoms with Gasteiger partial charge in [0, 0.05) is 11.8 Å². The van der Waals surface area contributed by atoms with E-state index < -0.39 is 0 Å². The first-order valence-electron chi connectivity index (χ1n) is 4.87. The van der Waals surface area contributed by atoms with E-state index >= 15 is 0 Å². The Hall–Kier alpha value is -2.01. The summed E-state index contributed by atoms with van der Waals surface area (Å²) in [5, 5.41) is 3.57. The SMILES string of the molecule is COc1cc(Nc2ncc(N)cn2)ccc1Cl. The highest BCUT2D eigenvalue weighted by Gasteiger charge is 2.03. The lowest BCUT2D eigenvalue weighted by molar-refractivity contribution is 0.415. The van der Waals surface area contributed by atoms with Gasteiger partial charge in [0.25, 0.3) is 0 Å². The molecule has 0 saturated carbocycles. The summed E-state index contributed by atoms with van der Waals surface area (Å²) in [4.78, 5) is 8.06. The van der Waals surface area contributed by atoms with Gasteiger partial charge in [0.05, 0.1) is 30.2 Å². The summed E-state index contributed by atoms with van der Waals surface area (Å²) >= 11 is 5.92. The van der Waals surface area contributed by atoms with Gasteiger partial charge in [-0.2, -0.15) is 0 Å². The van der Waals surface area contributed by atoms with Gasteiger partial charge in [0.15, 0.2) is 0 Å². The van der Waals surface area contributed by atoms with Crippen LogP contribution in [0.15, 0.2) is 30.6 Å². The van der Waals surface area contributed by atoms with Crippen molar-refractivity contribution in [3.8, 4) is 5.75 Å². The number of nitrogen functional groups attached to an aromatic ring is 1. The third kappa shape index (κ3) is 2.76. The number of nitrogens with two attached hydrogens (primary N) is 1. The molecule has 0 spiro atoms. The number of nitrogens with one attached hydrogen (secondary N) is 1. The molecular formula is C11H11ClN4O. The van der Waals surface area contributed by atoms with Gasteiger partial charge in [-0.25, -0.2) is 9.97 Å². The molecule has 5 nitrogen and oxygen atoms in total. The zero-order valence-electron chi connectivity index (χ0n) is 9.14. The Balaban J connectivity index is 2.21. The Morgan fingerprint density at radius 3 is 2.65 bits per heavy atom. The molecule has 0 radical (unpaired) electrons. The standard InChI is InChI=1S/C11H11ClN4O/c1-17-10-4-8(2-3-9(10)12)16-11-14-5-7(13)6-15-11/h2-6H,13H2,1H3,(H,14,15,16). The molecule has 0 unspecified atom stereocenters. The highest BCUT2D eigenvalue weighted by molar-refractivity contribution is 6.32. The highest BCUT2D eigenvalue weighted by Crippen LogP contribution is 2.28. The Morgan fingerprint density at radius 2 is 2.00 bits per heavy atom. The predicted octanol–water partition coefficient (Wildman–Crippen LogP) is 2.46. The average molecular weight is 251 g/mol. The van der Waals surface area contributed by atoms with Crippen molar-refractivity contribution in [2.45, 2.75) is 0 Å². The highest BCUT2D eigenvalue weighted by atomic mass is 35.5. The molecule has 6 heteroatoms. The van der Waals surface area contributed by atoms with Crippen LogP contribution in [0.4, 0.5) is 17.3 Å². The van der Waals surface area contributed by atoms with Gasteiger partial charge in [-0.05, 0) is 12.1 Å². The molecule has 0 saturated heterocycles. The lowest BCUT2D eigenvalue weighted by Gasteiger charge is -2.07. The van der Waals surface area contributed by atoms with Crippen LogP contribution in [0.2, 0.25) is 5.02 Å². The summed E-state index contributed by atoms with van der Waals surface area (Å²) in [6, 6.07) is 5.31. The number of anilines is 3. The number of hydrogen-bond acceptors (Lipinski definition) is 5. The van der Waals surface area contributed by atoms with Crippen LogP contribution in [0.25, 0.3) is 0 Å². The minimum atomic E-state index is 0.462. The molecule has 0 amide bonds. The molecule has 1 aromatic heterocycles. The van der Waals surface area contributed by atoms with Gasteiger partial charge in [0.1, 0.15) is 5.75 Å². The summed E-state index contributed by atoms with van der Waals surface area (Å²) in [6.45, 7) is 0. The number of halogens is 1. The van der Waals surface area contributed by atoms with E-state index in [-0.39, 0.29) is 0 Å². The van der Waals surface area contributed by atoms with Gasteiger partial charge in [0.2, 0.25) is 5.95 Å². The lowest BCUT2D eigenvalue weighted by Crippen LogP contribution is -1.98. The topological polar surface area (TPSA) is 73.1 Å². The Labute approximate surface area is 104 Å². The van der Waals surface area contributed by atoms with Crippen LogP contribution in [-0.4, -0.2) is 17.1 Å². The predicted molar refractivity (Wildman–Crippen MR) is 67.7 cm³/mol. The summed E-state index contributed by atoms with van der Waals surface area (Å²) in [6.07, 6.45) is 3.06. The zero-order valence-corrected chi connectivity index (χ0v) is 9.90. The van der Waals surface area contributed by atoms with Gasteiger partial charge in [-0.1, -0.05) is 11.6 Å². The molecule has 0 bridgehead atoms. The first kappa shape index (κ1) is 11.5. The van der Waals surface area contributed by atoms with Crippen molar-refractivity contribution in [1.82, 2.24) is 9.97 Å². The molecule has 0 aliphatic heterocycles. The maximum atomic E-state index is 5.92. The van der Waals surface area contributed by atoms with Crippen molar-refractivity contribution in [3.05, 3.63) is 35.6 Å². The van der Waals surface area contributed by atoms with Crippen molar-refractivity contribution in [3.63, 3.8) is 0 Å². The van der Waals surface area contributed by atoms with Gasteiger partial charge in [-0.15, -0.1) is 0 Å². The van der Waals surface area contributed by atoms with E-state index in [0.717, 1.165) is 5.69 Å². The molecule has 0 fully saturated rings. The summed E-state index contributed by atoms with van der Waals surface area (Å²) in [5.74, 6) is 1.05. The van der Waals surface area contributed by atoms with Crippen molar-refractivity contribution in [1.29, 1.82) is 0 Å². The van der Waals surface area contributed by atoms with E-state index in [9.17, 15) is 0 Å². The van der Waals surface area contributed by atoms with Crippen LogP contribution in [-0.2, 0) is 0 Å². The first-order chi connectivity index (χ1) is 8.19. The second-order valence-electron chi connectivity index (χ2n) is 3.31. The fourth-order valence-electron chi connectivity index (χ4n) is 1.27. The molecular weight excluding hydrogens is 240 g/mol. The van der Waals surface area contributed by atoms with Crippen molar-refractivity contribution >= 4 is 28.9 Å². The number of ether oxygens (including phenoxy) is 1. The second kappa shape index (κ2) is 4.88. The normalized spacial score (nSPS) is 10.0. The van der Waals surface area contributed by atoms with E-state index in [1.54, 1.807) is 19.2 Å². The molecule has 0 aliphatic rings. The van der Waals surface area contributed by atoms with Gasteiger partial charge < -0.3 is 15.8 Å². The maximum Gasteiger partial charge on any atom is 0.227 e. The smallest absolute Gasteiger partial charge is 0.227 e. The Kier molecular flexibility index (Phi) is 3.30. The molecule has 2 aromatic rings. The Morgan fingerprint density at radius 1 is 1.29 bits per heavy atom. The van der Waals surface area contributed by atoms with Gasteiger partial charge in [-0.3, -0.25) is 0 Å². The first-order valence-corrected chi connectivity index (χ1v) is 5.25. The monoisotopic (exact) mass is 250 g/mol. The van der Waals surface area contributed by atoms with Crippen molar-refractivity contribution in [2.24, 2.45) is 0 Å². The van der Waals surface area contributed by atoms with E-state index in [4.69, 9.17) is 22.1 Å². The molecule has 3 N–H and O–H groups in total. The number of methoxy groups -OCH3 is 1. The maximum absolute atomic E-state index is 5.92. The van der Waals surface area contributed by atoms with E-state index in [1.165, 1.54) is 12.4 Å². The number of benzene rings is 1. The molecule has 0 atom stereocenters. The van der Waals surface area contributed by atoms with Crippen LogP contribution < -0.4 is 15.8 Å². The van der Waals surface area contributed by atoms with Gasteiger partial charge >= 0.3 is 0 Å². The minimum Gasteiger partial charge on any atom is -0.495 e. The molecule has 2 rings (SSSR count). The zero-order chi connectivity index (χ0) is 12.3. The van der Waals surface area contributed by atoms with E-state index in [1.807, 2.05) is 6.07 Å². The number of hydrogen-bond donors (Lipinski definition) is 2. The third-order valence-corrected chi connectivity index (χ3v) is 2.39. The summed E-state index contributed by atoms with van der Waals surface area (Å²) < 4.78 is 5.11. The van der Waals surface area contributed by atoms with Crippen LogP contribution >= 0.6 is 11.6 Å². The van der Waals surface area contributed by atoms with Crippen LogP contribution in [0.3, 0.4) is 0 Å².